The van der Waals surface area contributed by atoms with Crippen molar-refractivity contribution in [2.75, 3.05) is 7.11 Å². The first-order valence-corrected chi connectivity index (χ1v) is 4.20. The predicted molar refractivity (Wildman–Crippen MR) is 52.0 cm³/mol. The van der Waals surface area contributed by atoms with Crippen LogP contribution in [0.2, 0.25) is 0 Å². The van der Waals surface area contributed by atoms with Crippen LogP contribution in [0.4, 0.5) is 0 Å². The van der Waals surface area contributed by atoms with E-state index in [-0.39, 0.29) is 11.5 Å². The Morgan fingerprint density at radius 2 is 2.07 bits per heavy atom. The smallest absolute Gasteiger partial charge is 0.260 e. The zero-order chi connectivity index (χ0) is 10.7. The Labute approximate surface area is 85.2 Å². The number of hydrogen-bond acceptors (Lipinski definition) is 5. The van der Waals surface area contributed by atoms with Gasteiger partial charge in [-0.3, -0.25) is 4.79 Å². The Morgan fingerprint density at radius 1 is 1.33 bits per heavy atom. The van der Waals surface area contributed by atoms with E-state index in [1.165, 1.54) is 42.7 Å². The van der Waals surface area contributed by atoms with Gasteiger partial charge in [-0.25, -0.2) is 19.5 Å². The molecule has 0 saturated carbocycles. The fourth-order valence-electron chi connectivity index (χ4n) is 1.04. The molecule has 2 rings (SSSR count). The van der Waals surface area contributed by atoms with Crippen molar-refractivity contribution in [3.05, 3.63) is 41.3 Å². The fourth-order valence-corrected chi connectivity index (χ4v) is 1.04. The van der Waals surface area contributed by atoms with Gasteiger partial charge in [-0.1, -0.05) is 0 Å². The molecular weight excluding hydrogens is 196 g/mol. The van der Waals surface area contributed by atoms with Crippen LogP contribution in [0.3, 0.4) is 0 Å². The maximum absolute atomic E-state index is 11.4. The van der Waals surface area contributed by atoms with Crippen molar-refractivity contribution in [3.8, 4) is 11.7 Å². The van der Waals surface area contributed by atoms with E-state index >= 15 is 0 Å². The molecule has 0 aromatic carbocycles. The zero-order valence-electron chi connectivity index (χ0n) is 7.99. The highest BCUT2D eigenvalue weighted by Crippen LogP contribution is 2.05. The Balaban J connectivity index is 2.46. The average molecular weight is 204 g/mol. The average Bonchev–Trinajstić information content (AvgIpc) is 2.30. The summed E-state index contributed by atoms with van der Waals surface area (Å²) in [7, 11) is 1.52. The number of nitrogens with zero attached hydrogens (tertiary/aromatic N) is 4. The normalized spacial score (nSPS) is 9.93. The van der Waals surface area contributed by atoms with Crippen LogP contribution in [0.1, 0.15) is 0 Å². The molecule has 0 aliphatic rings. The van der Waals surface area contributed by atoms with Crippen molar-refractivity contribution in [3.63, 3.8) is 0 Å². The molecule has 2 heterocycles. The quantitative estimate of drug-likeness (QED) is 0.690. The lowest BCUT2D eigenvalue weighted by Crippen LogP contribution is -2.18. The zero-order valence-corrected chi connectivity index (χ0v) is 7.99. The summed E-state index contributed by atoms with van der Waals surface area (Å²) in [6.07, 6.45) is 5.76. The second kappa shape index (κ2) is 3.87. The molecule has 15 heavy (non-hydrogen) atoms. The van der Waals surface area contributed by atoms with Crippen molar-refractivity contribution in [2.45, 2.75) is 0 Å². The lowest BCUT2D eigenvalue weighted by molar-refractivity contribution is 0.410. The molecule has 2 aromatic rings. The van der Waals surface area contributed by atoms with Crippen molar-refractivity contribution < 1.29 is 4.74 Å². The van der Waals surface area contributed by atoms with Gasteiger partial charge in [0.05, 0.1) is 19.5 Å². The minimum atomic E-state index is -0.227. The Kier molecular flexibility index (Phi) is 2.40. The van der Waals surface area contributed by atoms with Gasteiger partial charge in [-0.15, -0.1) is 0 Å². The van der Waals surface area contributed by atoms with Crippen LogP contribution in [0, 0.1) is 0 Å². The molecule has 0 atom stereocenters. The lowest BCUT2D eigenvalue weighted by atomic mass is 10.6. The highest BCUT2D eigenvalue weighted by atomic mass is 16.5. The molecule has 2 aromatic heterocycles. The van der Waals surface area contributed by atoms with E-state index in [0.29, 0.717) is 5.75 Å². The summed E-state index contributed by atoms with van der Waals surface area (Å²) in [5, 5.41) is 0. The van der Waals surface area contributed by atoms with Crippen molar-refractivity contribution in [1.29, 1.82) is 0 Å². The maximum atomic E-state index is 11.4. The topological polar surface area (TPSA) is 69.9 Å². The molecule has 76 valence electrons. The monoisotopic (exact) mass is 204 g/mol. The summed E-state index contributed by atoms with van der Waals surface area (Å²) < 4.78 is 6.16. The Bertz CT molecular complexity index is 506. The first-order valence-electron chi connectivity index (χ1n) is 4.20. The van der Waals surface area contributed by atoms with Crippen LogP contribution in [0.25, 0.3) is 5.95 Å². The largest absolute Gasteiger partial charge is 0.494 e. The number of methoxy groups -OCH3 is 1. The van der Waals surface area contributed by atoms with E-state index in [1.807, 2.05) is 0 Å². The van der Waals surface area contributed by atoms with E-state index in [1.54, 1.807) is 0 Å². The molecule has 0 saturated heterocycles. The van der Waals surface area contributed by atoms with Gasteiger partial charge in [-0.2, -0.15) is 0 Å². The minimum Gasteiger partial charge on any atom is -0.494 e. The molecule has 0 aliphatic carbocycles. The van der Waals surface area contributed by atoms with E-state index in [4.69, 9.17) is 4.74 Å². The third kappa shape index (κ3) is 1.83. The first kappa shape index (κ1) is 9.32. The standard InChI is InChI=1S/C9H8N4O2/c1-15-7-4-11-9(12-5-7)13-6-10-3-2-8(13)14/h2-6H,1H3. The van der Waals surface area contributed by atoms with Crippen molar-refractivity contribution >= 4 is 0 Å². The lowest BCUT2D eigenvalue weighted by Gasteiger charge is -2.02. The molecule has 0 radical (unpaired) electrons. The van der Waals surface area contributed by atoms with Gasteiger partial charge in [0.15, 0.2) is 5.75 Å². The van der Waals surface area contributed by atoms with Crippen LogP contribution < -0.4 is 10.3 Å². The molecular formula is C9H8N4O2. The third-order valence-corrected chi connectivity index (χ3v) is 1.79. The van der Waals surface area contributed by atoms with Gasteiger partial charge in [0, 0.05) is 12.3 Å². The summed E-state index contributed by atoms with van der Waals surface area (Å²) in [5.74, 6) is 0.810. The molecule has 0 amide bonds. The summed E-state index contributed by atoms with van der Waals surface area (Å²) in [5.41, 5.74) is -0.227. The number of ether oxygens (including phenoxy) is 1. The van der Waals surface area contributed by atoms with Crippen molar-refractivity contribution in [2.24, 2.45) is 0 Å². The number of rotatable bonds is 2. The first-order chi connectivity index (χ1) is 7.31. The highest BCUT2D eigenvalue weighted by Gasteiger charge is 2.01. The van der Waals surface area contributed by atoms with Gasteiger partial charge in [-0.05, 0) is 0 Å². The van der Waals surface area contributed by atoms with Gasteiger partial charge in [0.25, 0.3) is 5.56 Å². The van der Waals surface area contributed by atoms with Crippen LogP contribution >= 0.6 is 0 Å². The van der Waals surface area contributed by atoms with E-state index in [2.05, 4.69) is 15.0 Å². The van der Waals surface area contributed by atoms with Gasteiger partial charge in [0.2, 0.25) is 5.95 Å². The van der Waals surface area contributed by atoms with Gasteiger partial charge >= 0.3 is 0 Å². The van der Waals surface area contributed by atoms with Crippen LogP contribution in [-0.2, 0) is 0 Å². The second-order valence-corrected chi connectivity index (χ2v) is 2.71. The van der Waals surface area contributed by atoms with Crippen LogP contribution in [0.5, 0.6) is 5.75 Å². The third-order valence-electron chi connectivity index (χ3n) is 1.79. The number of hydrogen-bond donors (Lipinski definition) is 0. The SMILES string of the molecule is COc1cnc(-n2cnccc2=O)nc1. The summed E-state index contributed by atoms with van der Waals surface area (Å²) in [6, 6.07) is 1.34. The van der Waals surface area contributed by atoms with E-state index in [0.717, 1.165) is 0 Å². The Morgan fingerprint density at radius 3 is 2.67 bits per heavy atom. The van der Waals surface area contributed by atoms with Crippen LogP contribution in [0.15, 0.2) is 35.8 Å². The Hall–Kier alpha value is -2.24. The van der Waals surface area contributed by atoms with Gasteiger partial charge < -0.3 is 4.74 Å². The molecule has 0 unspecified atom stereocenters. The molecule has 0 N–H and O–H groups in total. The fraction of sp³-hybridized carbons (Fsp3) is 0.111. The highest BCUT2D eigenvalue weighted by molar-refractivity contribution is 5.18. The molecule has 0 aliphatic heterocycles. The number of aromatic nitrogens is 4. The van der Waals surface area contributed by atoms with Crippen LogP contribution in [-0.4, -0.2) is 26.6 Å². The van der Waals surface area contributed by atoms with E-state index < -0.39 is 0 Å². The molecule has 0 spiro atoms. The summed E-state index contributed by atoms with van der Waals surface area (Å²) in [6.45, 7) is 0. The molecule has 0 fully saturated rings. The predicted octanol–water partition coefficient (Wildman–Crippen LogP) is 0.0311. The van der Waals surface area contributed by atoms with Gasteiger partial charge in [0.1, 0.15) is 6.33 Å². The second-order valence-electron chi connectivity index (χ2n) is 2.71. The maximum Gasteiger partial charge on any atom is 0.260 e. The van der Waals surface area contributed by atoms with E-state index in [9.17, 15) is 4.79 Å². The summed E-state index contributed by atoms with van der Waals surface area (Å²) in [4.78, 5) is 23.1. The summed E-state index contributed by atoms with van der Waals surface area (Å²) >= 11 is 0. The molecule has 0 bridgehead atoms. The molecule has 6 heteroatoms. The molecule has 6 nitrogen and oxygen atoms in total. The minimum absolute atomic E-state index is 0.227. The van der Waals surface area contributed by atoms with Crippen molar-refractivity contribution in [1.82, 2.24) is 19.5 Å².